The predicted octanol–water partition coefficient (Wildman–Crippen LogP) is 1.85. The summed E-state index contributed by atoms with van der Waals surface area (Å²) >= 11 is 0. The van der Waals surface area contributed by atoms with Gasteiger partial charge in [0.2, 0.25) is 5.91 Å². The molecule has 1 aromatic rings. The third kappa shape index (κ3) is 4.13. The molecular formula is C18H24N2O4. The zero-order valence-corrected chi connectivity index (χ0v) is 14.4. The van der Waals surface area contributed by atoms with Crippen molar-refractivity contribution in [3.63, 3.8) is 0 Å². The van der Waals surface area contributed by atoms with Gasteiger partial charge in [-0.05, 0) is 24.1 Å². The Labute approximate surface area is 142 Å². The molecule has 1 saturated heterocycles. The number of carbonyl (C=O) groups is 3. The summed E-state index contributed by atoms with van der Waals surface area (Å²) in [6, 6.07) is 7.14. The molecule has 1 N–H and O–H groups in total. The van der Waals surface area contributed by atoms with Gasteiger partial charge in [-0.1, -0.05) is 26.0 Å². The van der Waals surface area contributed by atoms with Gasteiger partial charge in [0.25, 0.3) is 5.91 Å². The van der Waals surface area contributed by atoms with Crippen molar-refractivity contribution in [3.05, 3.63) is 35.4 Å². The van der Waals surface area contributed by atoms with Crippen LogP contribution in [0.5, 0.6) is 0 Å². The maximum atomic E-state index is 12.4. The number of benzene rings is 1. The van der Waals surface area contributed by atoms with E-state index in [1.165, 1.54) is 0 Å². The fourth-order valence-corrected chi connectivity index (χ4v) is 2.87. The van der Waals surface area contributed by atoms with Crippen LogP contribution in [0.15, 0.2) is 24.3 Å². The minimum Gasteiger partial charge on any atom is -0.481 e. The second-order valence-corrected chi connectivity index (χ2v) is 6.62. The largest absolute Gasteiger partial charge is 0.481 e. The Morgan fingerprint density at radius 1 is 1.25 bits per heavy atom. The highest BCUT2D eigenvalue weighted by atomic mass is 16.4. The van der Waals surface area contributed by atoms with Crippen LogP contribution in [0.2, 0.25) is 0 Å². The van der Waals surface area contributed by atoms with Gasteiger partial charge in [0.1, 0.15) is 0 Å². The van der Waals surface area contributed by atoms with E-state index in [2.05, 4.69) is 0 Å². The van der Waals surface area contributed by atoms with Gasteiger partial charge >= 0.3 is 5.97 Å². The van der Waals surface area contributed by atoms with Gasteiger partial charge in [0.05, 0.1) is 5.92 Å². The Morgan fingerprint density at radius 3 is 2.38 bits per heavy atom. The monoisotopic (exact) mass is 332 g/mol. The van der Waals surface area contributed by atoms with Crippen molar-refractivity contribution in [3.8, 4) is 0 Å². The van der Waals surface area contributed by atoms with Gasteiger partial charge in [-0.15, -0.1) is 0 Å². The van der Waals surface area contributed by atoms with Crippen LogP contribution in [-0.4, -0.2) is 52.8 Å². The summed E-state index contributed by atoms with van der Waals surface area (Å²) < 4.78 is 0. The van der Waals surface area contributed by atoms with Crippen molar-refractivity contribution in [1.29, 1.82) is 0 Å². The molecule has 0 saturated carbocycles. The first kappa shape index (κ1) is 18.0. The number of carbonyl (C=O) groups excluding carboxylic acids is 2. The van der Waals surface area contributed by atoms with E-state index >= 15 is 0 Å². The van der Waals surface area contributed by atoms with Crippen molar-refractivity contribution in [1.82, 2.24) is 9.80 Å². The number of hydrogen-bond donors (Lipinski definition) is 1. The second kappa shape index (κ2) is 7.47. The first-order valence-corrected chi connectivity index (χ1v) is 8.15. The third-order valence-electron chi connectivity index (χ3n) is 4.32. The van der Waals surface area contributed by atoms with Gasteiger partial charge in [-0.2, -0.15) is 0 Å². The van der Waals surface area contributed by atoms with Crippen LogP contribution < -0.4 is 0 Å². The van der Waals surface area contributed by atoms with E-state index in [4.69, 9.17) is 5.11 Å². The van der Waals surface area contributed by atoms with Gasteiger partial charge in [-0.3, -0.25) is 14.4 Å². The standard InChI is InChI=1S/C18H24N2O4/c1-12(2)16(21)19(3)10-13-4-6-14(7-5-13)17(22)20-9-8-15(11-20)18(23)24/h4-7,12,15H,8-11H2,1-3H3,(H,23,24). The smallest absolute Gasteiger partial charge is 0.308 e. The van der Waals surface area contributed by atoms with E-state index in [0.717, 1.165) is 5.56 Å². The molecule has 2 amide bonds. The Morgan fingerprint density at radius 2 is 1.88 bits per heavy atom. The lowest BCUT2D eigenvalue weighted by Crippen LogP contribution is -2.30. The molecule has 0 aromatic heterocycles. The highest BCUT2D eigenvalue weighted by Gasteiger charge is 2.31. The molecule has 1 atom stereocenters. The summed E-state index contributed by atoms with van der Waals surface area (Å²) in [7, 11) is 1.76. The minimum absolute atomic E-state index is 0.0480. The average molecular weight is 332 g/mol. The van der Waals surface area contributed by atoms with Gasteiger partial charge in [-0.25, -0.2) is 0 Å². The van der Waals surface area contributed by atoms with Crippen LogP contribution in [0.25, 0.3) is 0 Å². The van der Waals surface area contributed by atoms with Crippen LogP contribution in [-0.2, 0) is 16.1 Å². The summed E-state index contributed by atoms with van der Waals surface area (Å²) in [5, 5.41) is 9.02. The van der Waals surface area contributed by atoms with Crippen LogP contribution in [0.1, 0.15) is 36.2 Å². The van der Waals surface area contributed by atoms with Crippen LogP contribution in [0.4, 0.5) is 0 Å². The Kier molecular flexibility index (Phi) is 5.59. The molecular weight excluding hydrogens is 308 g/mol. The van der Waals surface area contributed by atoms with Gasteiger partial charge in [0.15, 0.2) is 0 Å². The van der Waals surface area contributed by atoms with Crippen molar-refractivity contribution in [2.45, 2.75) is 26.8 Å². The van der Waals surface area contributed by atoms with Crippen LogP contribution >= 0.6 is 0 Å². The van der Waals surface area contributed by atoms with Crippen molar-refractivity contribution >= 4 is 17.8 Å². The molecule has 24 heavy (non-hydrogen) atoms. The molecule has 6 nitrogen and oxygen atoms in total. The van der Waals surface area contributed by atoms with E-state index in [9.17, 15) is 14.4 Å². The van der Waals surface area contributed by atoms with Crippen molar-refractivity contribution < 1.29 is 19.5 Å². The molecule has 1 unspecified atom stereocenters. The topological polar surface area (TPSA) is 77.9 Å². The normalized spacial score (nSPS) is 17.2. The van der Waals surface area contributed by atoms with E-state index in [1.807, 2.05) is 26.0 Å². The first-order valence-electron chi connectivity index (χ1n) is 8.15. The fourth-order valence-electron chi connectivity index (χ4n) is 2.87. The summed E-state index contributed by atoms with van der Waals surface area (Å²) in [6.07, 6.45) is 0.501. The van der Waals surface area contributed by atoms with E-state index < -0.39 is 11.9 Å². The molecule has 0 spiro atoms. The summed E-state index contributed by atoms with van der Waals surface area (Å²) in [6.45, 7) is 4.96. The molecule has 2 rings (SSSR count). The summed E-state index contributed by atoms with van der Waals surface area (Å²) in [5.74, 6) is -1.43. The molecule has 0 aliphatic carbocycles. The van der Waals surface area contributed by atoms with Gasteiger partial charge in [0, 0.05) is 38.2 Å². The maximum Gasteiger partial charge on any atom is 0.308 e. The average Bonchev–Trinajstić information content (AvgIpc) is 3.04. The number of aliphatic carboxylic acids is 1. The quantitative estimate of drug-likeness (QED) is 0.892. The molecule has 0 bridgehead atoms. The number of amides is 2. The zero-order chi connectivity index (χ0) is 17.9. The summed E-state index contributed by atoms with van der Waals surface area (Å²) in [4.78, 5) is 38.6. The predicted molar refractivity (Wildman–Crippen MR) is 89.4 cm³/mol. The maximum absolute atomic E-state index is 12.4. The van der Waals surface area contributed by atoms with Crippen LogP contribution in [0.3, 0.4) is 0 Å². The lowest BCUT2D eigenvalue weighted by Gasteiger charge is -2.20. The van der Waals surface area contributed by atoms with Gasteiger partial charge < -0.3 is 14.9 Å². The Bertz CT molecular complexity index is 624. The minimum atomic E-state index is -0.849. The Hall–Kier alpha value is -2.37. The molecule has 1 aromatic carbocycles. The number of carboxylic acid groups (broad SMARTS) is 1. The third-order valence-corrected chi connectivity index (χ3v) is 4.32. The number of nitrogens with zero attached hydrogens (tertiary/aromatic N) is 2. The number of rotatable bonds is 5. The highest BCUT2D eigenvalue weighted by molar-refractivity contribution is 5.94. The van der Waals surface area contributed by atoms with E-state index in [1.54, 1.807) is 29.0 Å². The number of likely N-dealkylation sites (tertiary alicyclic amines) is 1. The molecule has 1 fully saturated rings. The van der Waals surface area contributed by atoms with Crippen molar-refractivity contribution in [2.75, 3.05) is 20.1 Å². The summed E-state index contributed by atoms with van der Waals surface area (Å²) in [5.41, 5.74) is 1.50. The second-order valence-electron chi connectivity index (χ2n) is 6.62. The number of carboxylic acids is 1. The molecule has 0 radical (unpaired) electrons. The number of hydrogen-bond acceptors (Lipinski definition) is 3. The molecule has 6 heteroatoms. The zero-order valence-electron chi connectivity index (χ0n) is 14.4. The molecule has 1 aliphatic heterocycles. The van der Waals surface area contributed by atoms with E-state index in [0.29, 0.717) is 25.1 Å². The van der Waals surface area contributed by atoms with Crippen molar-refractivity contribution in [2.24, 2.45) is 11.8 Å². The molecule has 1 heterocycles. The molecule has 1 aliphatic rings. The van der Waals surface area contributed by atoms with E-state index in [-0.39, 0.29) is 24.3 Å². The highest BCUT2D eigenvalue weighted by Crippen LogP contribution is 2.19. The SMILES string of the molecule is CC(C)C(=O)N(C)Cc1ccc(C(=O)N2CCC(C(=O)O)C2)cc1. The lowest BCUT2D eigenvalue weighted by atomic mass is 10.1. The Balaban J connectivity index is 1.98. The first-order chi connectivity index (χ1) is 11.3. The van der Waals surface area contributed by atoms with Crippen LogP contribution in [0, 0.1) is 11.8 Å². The lowest BCUT2D eigenvalue weighted by molar-refractivity contribution is -0.141. The fraction of sp³-hybridized carbons (Fsp3) is 0.500. The molecule has 130 valence electrons.